The molecule has 0 aromatic carbocycles. The van der Waals surface area contributed by atoms with Gasteiger partial charge >= 0.3 is 12.0 Å². The second-order valence-corrected chi connectivity index (χ2v) is 3.33. The number of hydrogen-bond acceptors (Lipinski definition) is 3. The van der Waals surface area contributed by atoms with Crippen LogP contribution in [0.4, 0.5) is 4.79 Å². The molecule has 0 saturated carbocycles. The number of carboxylic acid groups (broad SMARTS) is 1. The summed E-state index contributed by atoms with van der Waals surface area (Å²) in [5, 5.41) is 13.2. The fourth-order valence-electron chi connectivity index (χ4n) is 1.04. The summed E-state index contributed by atoms with van der Waals surface area (Å²) < 4.78 is 0. The highest BCUT2D eigenvalue weighted by molar-refractivity contribution is 5.85. The van der Waals surface area contributed by atoms with Gasteiger partial charge in [-0.05, 0) is 6.42 Å². The Hall–Kier alpha value is -1.79. The molecule has 0 aromatic heterocycles. The number of carboxylic acids is 1. The van der Waals surface area contributed by atoms with Crippen LogP contribution in [0.2, 0.25) is 0 Å². The summed E-state index contributed by atoms with van der Waals surface area (Å²) in [7, 11) is 0. The highest BCUT2D eigenvalue weighted by atomic mass is 16.4. The van der Waals surface area contributed by atoms with Crippen molar-refractivity contribution in [3.05, 3.63) is 0 Å². The molecule has 0 spiro atoms. The number of carbonyl (C=O) groups is 3. The van der Waals surface area contributed by atoms with Gasteiger partial charge in [-0.2, -0.15) is 0 Å². The lowest BCUT2D eigenvalue weighted by Crippen LogP contribution is -2.47. The molecule has 0 heterocycles. The molecule has 1 unspecified atom stereocenters. The lowest BCUT2D eigenvalue weighted by Gasteiger charge is -2.14. The Bertz CT molecular complexity index is 267. The minimum atomic E-state index is -1.09. The van der Waals surface area contributed by atoms with Crippen molar-refractivity contribution in [3.8, 4) is 0 Å². The van der Waals surface area contributed by atoms with E-state index in [0.29, 0.717) is 12.8 Å². The van der Waals surface area contributed by atoms with Crippen LogP contribution in [0.15, 0.2) is 0 Å². The molecule has 0 aliphatic carbocycles. The third-order valence-electron chi connectivity index (χ3n) is 1.87. The largest absolute Gasteiger partial charge is 0.480 e. The molecule has 0 fully saturated rings. The fourth-order valence-corrected chi connectivity index (χ4v) is 1.04. The van der Waals surface area contributed by atoms with Crippen LogP contribution in [-0.2, 0) is 9.59 Å². The molecular formula is C9H17N3O4. The smallest absolute Gasteiger partial charge is 0.326 e. The summed E-state index contributed by atoms with van der Waals surface area (Å²) in [4.78, 5) is 32.2. The Kier molecular flexibility index (Phi) is 6.66. The number of rotatable bonds is 7. The van der Waals surface area contributed by atoms with E-state index >= 15 is 0 Å². The van der Waals surface area contributed by atoms with E-state index in [2.05, 4.69) is 10.6 Å². The van der Waals surface area contributed by atoms with Gasteiger partial charge in [-0.3, -0.25) is 4.79 Å². The predicted molar refractivity (Wildman–Crippen MR) is 56.7 cm³/mol. The summed E-state index contributed by atoms with van der Waals surface area (Å²) in [6.07, 6.45) is 1.90. The van der Waals surface area contributed by atoms with Crippen molar-refractivity contribution in [2.45, 2.75) is 32.2 Å². The molecule has 0 aliphatic rings. The highest BCUT2D eigenvalue weighted by Crippen LogP contribution is 2.00. The number of hydrogen-bond donors (Lipinski definition) is 4. The lowest BCUT2D eigenvalue weighted by molar-refractivity contribution is -0.139. The van der Waals surface area contributed by atoms with Crippen molar-refractivity contribution in [3.63, 3.8) is 0 Å². The molecule has 3 amide bonds. The van der Waals surface area contributed by atoms with E-state index in [1.54, 1.807) is 0 Å². The molecule has 92 valence electrons. The molecular weight excluding hydrogens is 214 g/mol. The number of carbonyl (C=O) groups excluding carboxylic acids is 2. The van der Waals surface area contributed by atoms with E-state index in [9.17, 15) is 14.4 Å². The Balaban J connectivity index is 4.02. The number of aliphatic carboxylic acids is 1. The third-order valence-corrected chi connectivity index (χ3v) is 1.87. The van der Waals surface area contributed by atoms with Crippen LogP contribution in [0.1, 0.15) is 26.2 Å². The van der Waals surface area contributed by atoms with Crippen molar-refractivity contribution >= 4 is 17.9 Å². The third kappa shape index (κ3) is 6.63. The topological polar surface area (TPSA) is 122 Å². The number of urea groups is 1. The number of primary amides is 1. The molecule has 7 heteroatoms. The van der Waals surface area contributed by atoms with Crippen LogP contribution in [0.25, 0.3) is 0 Å². The van der Waals surface area contributed by atoms with E-state index in [-0.39, 0.29) is 6.54 Å². The van der Waals surface area contributed by atoms with Crippen molar-refractivity contribution in [2.24, 2.45) is 5.73 Å². The summed E-state index contributed by atoms with van der Waals surface area (Å²) in [6.45, 7) is 1.61. The van der Waals surface area contributed by atoms with Gasteiger partial charge in [0.2, 0.25) is 5.91 Å². The molecule has 7 nitrogen and oxygen atoms in total. The van der Waals surface area contributed by atoms with E-state index in [1.807, 2.05) is 6.92 Å². The molecule has 0 bridgehead atoms. The van der Waals surface area contributed by atoms with Crippen molar-refractivity contribution in [1.29, 1.82) is 0 Å². The first kappa shape index (κ1) is 14.2. The first-order chi connectivity index (χ1) is 7.47. The molecule has 0 aromatic rings. The Morgan fingerprint density at radius 3 is 2.44 bits per heavy atom. The summed E-state index contributed by atoms with van der Waals surface area (Å²) in [5.74, 6) is -1.78. The number of nitrogens with two attached hydrogens (primary N) is 1. The molecule has 16 heavy (non-hydrogen) atoms. The van der Waals surface area contributed by atoms with Gasteiger partial charge in [0.05, 0.1) is 6.54 Å². The average Bonchev–Trinajstić information content (AvgIpc) is 2.20. The van der Waals surface area contributed by atoms with Gasteiger partial charge in [0.1, 0.15) is 6.04 Å². The van der Waals surface area contributed by atoms with Crippen LogP contribution in [0, 0.1) is 0 Å². The first-order valence-corrected chi connectivity index (χ1v) is 5.02. The monoisotopic (exact) mass is 231 g/mol. The van der Waals surface area contributed by atoms with Gasteiger partial charge in [0.25, 0.3) is 0 Å². The van der Waals surface area contributed by atoms with Crippen LogP contribution >= 0.6 is 0 Å². The quantitative estimate of drug-likeness (QED) is 0.468. The maximum absolute atomic E-state index is 11.1. The maximum atomic E-state index is 11.1. The highest BCUT2D eigenvalue weighted by Gasteiger charge is 2.18. The minimum absolute atomic E-state index is 0.314. The molecule has 0 saturated heterocycles. The van der Waals surface area contributed by atoms with Crippen LogP contribution < -0.4 is 16.4 Å². The summed E-state index contributed by atoms with van der Waals surface area (Å²) >= 11 is 0. The SMILES string of the molecule is CCCCC(NC(=O)NCC(N)=O)C(=O)O. The first-order valence-electron chi connectivity index (χ1n) is 5.02. The van der Waals surface area contributed by atoms with Gasteiger partial charge in [-0.25, -0.2) is 9.59 Å². The van der Waals surface area contributed by atoms with Gasteiger partial charge in [0.15, 0.2) is 0 Å². The molecule has 5 N–H and O–H groups in total. The van der Waals surface area contributed by atoms with Crippen LogP contribution in [0.3, 0.4) is 0 Å². The molecule has 0 radical (unpaired) electrons. The van der Waals surface area contributed by atoms with Gasteiger partial charge < -0.3 is 21.5 Å². The van der Waals surface area contributed by atoms with Crippen LogP contribution in [-0.4, -0.2) is 35.6 Å². The number of nitrogens with one attached hydrogen (secondary N) is 2. The predicted octanol–water partition coefficient (Wildman–Crippen LogP) is -0.586. The van der Waals surface area contributed by atoms with E-state index in [4.69, 9.17) is 10.8 Å². The fraction of sp³-hybridized carbons (Fsp3) is 0.667. The zero-order chi connectivity index (χ0) is 12.6. The molecule has 0 rings (SSSR count). The Morgan fingerprint density at radius 1 is 1.38 bits per heavy atom. The van der Waals surface area contributed by atoms with Crippen molar-refractivity contribution < 1.29 is 19.5 Å². The summed E-state index contributed by atoms with van der Waals surface area (Å²) in [5.41, 5.74) is 4.81. The zero-order valence-corrected chi connectivity index (χ0v) is 9.16. The number of amides is 3. The van der Waals surface area contributed by atoms with E-state index < -0.39 is 23.9 Å². The number of unbranched alkanes of at least 4 members (excludes halogenated alkanes) is 1. The Labute approximate surface area is 93.4 Å². The second-order valence-electron chi connectivity index (χ2n) is 3.33. The lowest BCUT2D eigenvalue weighted by atomic mass is 10.1. The van der Waals surface area contributed by atoms with Crippen molar-refractivity contribution in [2.75, 3.05) is 6.54 Å². The normalized spacial score (nSPS) is 11.6. The molecule has 1 atom stereocenters. The van der Waals surface area contributed by atoms with Gasteiger partial charge in [-0.1, -0.05) is 19.8 Å². The van der Waals surface area contributed by atoms with Gasteiger partial charge in [0, 0.05) is 0 Å². The summed E-state index contributed by atoms with van der Waals surface area (Å²) in [6, 6.07) is -1.64. The van der Waals surface area contributed by atoms with Crippen LogP contribution in [0.5, 0.6) is 0 Å². The van der Waals surface area contributed by atoms with Gasteiger partial charge in [-0.15, -0.1) is 0 Å². The van der Waals surface area contributed by atoms with E-state index in [1.165, 1.54) is 0 Å². The molecule has 0 aliphatic heterocycles. The standard InChI is InChI=1S/C9H17N3O4/c1-2-3-4-6(8(14)15)12-9(16)11-5-7(10)13/h6H,2-5H2,1H3,(H2,10,13)(H,14,15)(H2,11,12,16). The Morgan fingerprint density at radius 2 is 2.00 bits per heavy atom. The second kappa shape index (κ2) is 7.49. The van der Waals surface area contributed by atoms with E-state index in [0.717, 1.165) is 6.42 Å². The minimum Gasteiger partial charge on any atom is -0.480 e. The maximum Gasteiger partial charge on any atom is 0.326 e. The zero-order valence-electron chi connectivity index (χ0n) is 9.16. The van der Waals surface area contributed by atoms with Crippen molar-refractivity contribution in [1.82, 2.24) is 10.6 Å². The average molecular weight is 231 g/mol.